The van der Waals surface area contributed by atoms with Crippen LogP contribution in [0, 0.1) is 0 Å². The summed E-state index contributed by atoms with van der Waals surface area (Å²) in [7, 11) is 1.96. The van der Waals surface area contributed by atoms with Crippen LogP contribution in [0.3, 0.4) is 0 Å². The van der Waals surface area contributed by atoms with E-state index in [4.69, 9.17) is 0 Å². The first-order valence-corrected chi connectivity index (χ1v) is 7.85. The molecule has 1 heterocycles. The van der Waals surface area contributed by atoms with E-state index < -0.39 is 0 Å². The van der Waals surface area contributed by atoms with Gasteiger partial charge in [-0.05, 0) is 44.5 Å². The Labute approximate surface area is 127 Å². The molecule has 21 heavy (non-hydrogen) atoms. The van der Waals surface area contributed by atoms with Gasteiger partial charge in [-0.25, -0.2) is 0 Å². The van der Waals surface area contributed by atoms with Crippen molar-refractivity contribution in [2.24, 2.45) is 0 Å². The number of rotatable bonds is 4. The fourth-order valence-electron chi connectivity index (χ4n) is 2.81. The van der Waals surface area contributed by atoms with E-state index in [2.05, 4.69) is 6.92 Å². The van der Waals surface area contributed by atoms with Crippen molar-refractivity contribution in [3.05, 3.63) is 29.8 Å². The second kappa shape index (κ2) is 7.46. The Hall–Kier alpha value is -1.55. The summed E-state index contributed by atoms with van der Waals surface area (Å²) in [5, 5.41) is 9.57. The van der Waals surface area contributed by atoms with Gasteiger partial charge in [-0.15, -0.1) is 0 Å². The van der Waals surface area contributed by atoms with E-state index in [0.29, 0.717) is 6.54 Å². The molecule has 1 aromatic carbocycles. The Morgan fingerprint density at radius 2 is 1.95 bits per heavy atom. The van der Waals surface area contributed by atoms with Gasteiger partial charge in [0.25, 0.3) is 0 Å². The van der Waals surface area contributed by atoms with Crippen LogP contribution in [0.2, 0.25) is 0 Å². The Bertz CT molecular complexity index is 468. The van der Waals surface area contributed by atoms with Crippen molar-refractivity contribution >= 4 is 5.91 Å². The fourth-order valence-corrected chi connectivity index (χ4v) is 2.81. The van der Waals surface area contributed by atoms with Gasteiger partial charge in [0.1, 0.15) is 5.75 Å². The SMILES string of the molecule is C[C@H](c1cccc(O)c1)N(C)CC(=O)N1CCCCCC1. The minimum atomic E-state index is 0.105. The third-order valence-electron chi connectivity index (χ3n) is 4.36. The molecule has 1 fully saturated rings. The van der Waals surface area contributed by atoms with Gasteiger partial charge in [0.2, 0.25) is 5.91 Å². The Morgan fingerprint density at radius 3 is 2.57 bits per heavy atom. The van der Waals surface area contributed by atoms with E-state index in [1.807, 2.05) is 29.0 Å². The van der Waals surface area contributed by atoms with Crippen LogP contribution in [0.25, 0.3) is 0 Å². The maximum absolute atomic E-state index is 12.4. The molecule has 0 spiro atoms. The quantitative estimate of drug-likeness (QED) is 0.927. The van der Waals surface area contributed by atoms with E-state index in [9.17, 15) is 9.90 Å². The first kappa shape index (κ1) is 15.8. The zero-order valence-corrected chi connectivity index (χ0v) is 13.1. The molecule has 1 atom stereocenters. The third kappa shape index (κ3) is 4.46. The fraction of sp³-hybridized carbons (Fsp3) is 0.588. The van der Waals surface area contributed by atoms with Gasteiger partial charge in [0.05, 0.1) is 6.54 Å². The van der Waals surface area contributed by atoms with Crippen molar-refractivity contribution in [2.45, 2.75) is 38.6 Å². The second-order valence-corrected chi connectivity index (χ2v) is 5.98. The van der Waals surface area contributed by atoms with Crippen molar-refractivity contribution < 1.29 is 9.90 Å². The molecule has 1 aliphatic rings. The summed E-state index contributed by atoms with van der Waals surface area (Å²) in [6, 6.07) is 7.35. The molecule has 4 nitrogen and oxygen atoms in total. The molecule has 2 rings (SSSR count). The van der Waals surface area contributed by atoms with E-state index in [1.165, 1.54) is 12.8 Å². The molecule has 1 aromatic rings. The molecule has 116 valence electrons. The number of aromatic hydroxyl groups is 1. The van der Waals surface area contributed by atoms with Crippen LogP contribution in [-0.2, 0) is 4.79 Å². The zero-order chi connectivity index (χ0) is 15.2. The number of nitrogens with zero attached hydrogens (tertiary/aromatic N) is 2. The number of likely N-dealkylation sites (N-methyl/N-ethyl adjacent to an activating group) is 1. The van der Waals surface area contributed by atoms with Crippen LogP contribution in [-0.4, -0.2) is 47.5 Å². The highest BCUT2D eigenvalue weighted by molar-refractivity contribution is 5.78. The Balaban J connectivity index is 1.93. The van der Waals surface area contributed by atoms with Gasteiger partial charge in [-0.2, -0.15) is 0 Å². The summed E-state index contributed by atoms with van der Waals surface area (Å²) in [6.07, 6.45) is 4.72. The molecule has 0 unspecified atom stereocenters. The number of phenolic OH excluding ortho intramolecular Hbond substituents is 1. The number of carbonyl (C=O) groups is 1. The van der Waals surface area contributed by atoms with Gasteiger partial charge < -0.3 is 10.0 Å². The predicted octanol–water partition coefficient (Wildman–Crippen LogP) is 2.79. The van der Waals surface area contributed by atoms with E-state index >= 15 is 0 Å². The van der Waals surface area contributed by atoms with Crippen molar-refractivity contribution in [1.82, 2.24) is 9.80 Å². The number of hydrogen-bond donors (Lipinski definition) is 1. The molecular formula is C17H26N2O2. The van der Waals surface area contributed by atoms with Crippen LogP contribution in [0.4, 0.5) is 0 Å². The Kier molecular flexibility index (Phi) is 5.62. The van der Waals surface area contributed by atoms with E-state index in [0.717, 1.165) is 31.5 Å². The normalized spacial score (nSPS) is 17.6. The molecule has 1 N–H and O–H groups in total. The third-order valence-corrected chi connectivity index (χ3v) is 4.36. The maximum Gasteiger partial charge on any atom is 0.236 e. The first-order valence-electron chi connectivity index (χ1n) is 7.85. The number of benzene rings is 1. The lowest BCUT2D eigenvalue weighted by Crippen LogP contribution is -2.40. The van der Waals surface area contributed by atoms with Gasteiger partial charge in [0.15, 0.2) is 0 Å². The number of hydrogen-bond acceptors (Lipinski definition) is 3. The molecule has 1 saturated heterocycles. The number of phenols is 1. The standard InChI is InChI=1S/C17H26N2O2/c1-14(15-8-7-9-16(20)12-15)18(2)13-17(21)19-10-5-3-4-6-11-19/h7-9,12,14,20H,3-6,10-11,13H2,1-2H3/t14-/m1/s1. The molecule has 0 bridgehead atoms. The summed E-state index contributed by atoms with van der Waals surface area (Å²) < 4.78 is 0. The maximum atomic E-state index is 12.4. The van der Waals surface area contributed by atoms with Crippen LogP contribution < -0.4 is 0 Å². The number of carbonyl (C=O) groups excluding carboxylic acids is 1. The highest BCUT2D eigenvalue weighted by Gasteiger charge is 2.20. The van der Waals surface area contributed by atoms with Crippen LogP contribution in [0.5, 0.6) is 5.75 Å². The molecule has 1 aliphatic heterocycles. The summed E-state index contributed by atoms with van der Waals surface area (Å²) in [5.74, 6) is 0.484. The van der Waals surface area contributed by atoms with Gasteiger partial charge in [0, 0.05) is 19.1 Å². The predicted molar refractivity (Wildman–Crippen MR) is 84.2 cm³/mol. The van der Waals surface area contributed by atoms with Gasteiger partial charge in [-0.1, -0.05) is 25.0 Å². The number of amides is 1. The van der Waals surface area contributed by atoms with Crippen LogP contribution in [0.15, 0.2) is 24.3 Å². The van der Waals surface area contributed by atoms with E-state index in [1.54, 1.807) is 12.1 Å². The molecule has 1 amide bonds. The average molecular weight is 290 g/mol. The monoisotopic (exact) mass is 290 g/mol. The largest absolute Gasteiger partial charge is 0.508 e. The van der Waals surface area contributed by atoms with Crippen LogP contribution >= 0.6 is 0 Å². The molecular weight excluding hydrogens is 264 g/mol. The highest BCUT2D eigenvalue weighted by Crippen LogP contribution is 2.22. The molecule has 0 aromatic heterocycles. The lowest BCUT2D eigenvalue weighted by atomic mass is 10.1. The van der Waals surface area contributed by atoms with Crippen molar-refractivity contribution in [1.29, 1.82) is 0 Å². The molecule has 0 saturated carbocycles. The topological polar surface area (TPSA) is 43.8 Å². The zero-order valence-electron chi connectivity index (χ0n) is 13.1. The van der Waals surface area contributed by atoms with Crippen molar-refractivity contribution in [2.75, 3.05) is 26.7 Å². The summed E-state index contributed by atoms with van der Waals surface area (Å²) in [6.45, 7) is 4.28. The van der Waals surface area contributed by atoms with Gasteiger partial charge in [-0.3, -0.25) is 9.69 Å². The van der Waals surface area contributed by atoms with Crippen LogP contribution in [0.1, 0.15) is 44.2 Å². The Morgan fingerprint density at radius 1 is 1.29 bits per heavy atom. The minimum absolute atomic E-state index is 0.105. The molecule has 0 aliphatic carbocycles. The summed E-state index contributed by atoms with van der Waals surface area (Å²) >= 11 is 0. The lowest BCUT2D eigenvalue weighted by Gasteiger charge is -2.28. The van der Waals surface area contributed by atoms with E-state index in [-0.39, 0.29) is 17.7 Å². The molecule has 4 heteroatoms. The van der Waals surface area contributed by atoms with Gasteiger partial charge >= 0.3 is 0 Å². The summed E-state index contributed by atoms with van der Waals surface area (Å²) in [5.41, 5.74) is 1.03. The lowest BCUT2D eigenvalue weighted by molar-refractivity contribution is -0.132. The second-order valence-electron chi connectivity index (χ2n) is 5.98. The first-order chi connectivity index (χ1) is 10.1. The highest BCUT2D eigenvalue weighted by atomic mass is 16.3. The minimum Gasteiger partial charge on any atom is -0.508 e. The number of likely N-dealkylation sites (tertiary alicyclic amines) is 1. The summed E-state index contributed by atoms with van der Waals surface area (Å²) in [4.78, 5) is 16.4. The molecule has 0 radical (unpaired) electrons. The average Bonchev–Trinajstić information content (AvgIpc) is 2.75. The van der Waals surface area contributed by atoms with Crippen molar-refractivity contribution in [3.63, 3.8) is 0 Å². The van der Waals surface area contributed by atoms with Crippen molar-refractivity contribution in [3.8, 4) is 5.75 Å². The smallest absolute Gasteiger partial charge is 0.236 e.